The second kappa shape index (κ2) is 8.17. The average Bonchev–Trinajstić information content (AvgIpc) is 2.48. The third-order valence-electron chi connectivity index (χ3n) is 3.84. The third kappa shape index (κ3) is 4.56. The molecule has 0 aromatic carbocycles. The molecule has 1 unspecified atom stereocenters. The van der Waals surface area contributed by atoms with E-state index in [1.807, 2.05) is 0 Å². The molecule has 1 fully saturated rings. The van der Waals surface area contributed by atoms with E-state index in [4.69, 9.17) is 9.72 Å². The second-order valence-corrected chi connectivity index (χ2v) is 5.72. The van der Waals surface area contributed by atoms with Gasteiger partial charge in [0.25, 0.3) is 0 Å². The zero-order valence-electron chi connectivity index (χ0n) is 13.6. The number of aromatic nitrogens is 2. The van der Waals surface area contributed by atoms with E-state index in [0.717, 1.165) is 56.5 Å². The van der Waals surface area contributed by atoms with Crippen molar-refractivity contribution < 1.29 is 4.74 Å². The molecule has 0 amide bonds. The van der Waals surface area contributed by atoms with E-state index >= 15 is 0 Å². The summed E-state index contributed by atoms with van der Waals surface area (Å²) in [5.41, 5.74) is 0. The summed E-state index contributed by atoms with van der Waals surface area (Å²) in [6.07, 6.45) is 4.46. The van der Waals surface area contributed by atoms with E-state index in [9.17, 15) is 0 Å². The van der Waals surface area contributed by atoms with Crippen LogP contribution in [0, 0.1) is 5.92 Å². The monoisotopic (exact) mass is 292 g/mol. The highest BCUT2D eigenvalue weighted by Crippen LogP contribution is 2.24. The fourth-order valence-corrected chi connectivity index (χ4v) is 2.90. The fourth-order valence-electron chi connectivity index (χ4n) is 2.90. The molecule has 1 N–H and O–H groups in total. The number of nitrogens with one attached hydrogen (secondary N) is 1. The molecule has 0 bridgehead atoms. The van der Waals surface area contributed by atoms with Gasteiger partial charge in [0.15, 0.2) is 0 Å². The Morgan fingerprint density at radius 3 is 2.95 bits per heavy atom. The topological polar surface area (TPSA) is 50.3 Å². The lowest BCUT2D eigenvalue weighted by molar-refractivity contribution is 0.143. The van der Waals surface area contributed by atoms with Crippen LogP contribution in [0.25, 0.3) is 0 Å². The van der Waals surface area contributed by atoms with Gasteiger partial charge in [0, 0.05) is 39.2 Å². The van der Waals surface area contributed by atoms with E-state index in [2.05, 4.69) is 35.1 Å². The molecule has 2 rings (SSSR count). The second-order valence-electron chi connectivity index (χ2n) is 5.72. The summed E-state index contributed by atoms with van der Waals surface area (Å²) in [7, 11) is 1.78. The van der Waals surface area contributed by atoms with Gasteiger partial charge in [0.1, 0.15) is 17.5 Å². The van der Waals surface area contributed by atoms with Gasteiger partial charge < -0.3 is 15.0 Å². The molecule has 1 aliphatic heterocycles. The Labute approximate surface area is 128 Å². The predicted octanol–water partition coefficient (Wildman–Crippen LogP) is 2.72. The summed E-state index contributed by atoms with van der Waals surface area (Å²) in [5.74, 6) is 3.56. The fraction of sp³-hybridized carbons (Fsp3) is 0.750. The lowest BCUT2D eigenvalue weighted by Gasteiger charge is -2.33. The average molecular weight is 292 g/mol. The predicted molar refractivity (Wildman–Crippen MR) is 87.0 cm³/mol. The first kappa shape index (κ1) is 16.0. The van der Waals surface area contributed by atoms with Crippen LogP contribution in [0.4, 0.5) is 11.6 Å². The van der Waals surface area contributed by atoms with Gasteiger partial charge in [-0.2, -0.15) is 0 Å². The number of ether oxygens (including phenoxy) is 1. The minimum atomic E-state index is 0.607. The lowest BCUT2D eigenvalue weighted by atomic mass is 9.99. The normalized spacial score (nSPS) is 18.8. The Kier molecular flexibility index (Phi) is 6.23. The minimum absolute atomic E-state index is 0.607. The Morgan fingerprint density at radius 1 is 1.38 bits per heavy atom. The van der Waals surface area contributed by atoms with Crippen molar-refractivity contribution in [2.45, 2.75) is 39.5 Å². The van der Waals surface area contributed by atoms with Crippen molar-refractivity contribution in [1.29, 1.82) is 0 Å². The van der Waals surface area contributed by atoms with E-state index in [1.165, 1.54) is 12.8 Å². The van der Waals surface area contributed by atoms with E-state index < -0.39 is 0 Å². The highest BCUT2D eigenvalue weighted by Gasteiger charge is 2.21. The molecule has 0 aliphatic carbocycles. The summed E-state index contributed by atoms with van der Waals surface area (Å²) in [6.45, 7) is 8.09. The summed E-state index contributed by atoms with van der Waals surface area (Å²) in [5, 5.41) is 3.32. The maximum absolute atomic E-state index is 5.32. The zero-order valence-corrected chi connectivity index (χ0v) is 13.6. The summed E-state index contributed by atoms with van der Waals surface area (Å²) in [4.78, 5) is 11.7. The number of hydrogen-bond acceptors (Lipinski definition) is 5. The number of hydrogen-bond donors (Lipinski definition) is 1. The van der Waals surface area contributed by atoms with Crippen LogP contribution >= 0.6 is 0 Å². The highest BCUT2D eigenvalue weighted by atomic mass is 16.5. The number of nitrogens with zero attached hydrogens (tertiary/aromatic N) is 3. The van der Waals surface area contributed by atoms with Gasteiger partial charge in [-0.05, 0) is 32.1 Å². The van der Waals surface area contributed by atoms with Gasteiger partial charge in [0.05, 0.1) is 6.61 Å². The summed E-state index contributed by atoms with van der Waals surface area (Å²) >= 11 is 0. The molecule has 5 nitrogen and oxygen atoms in total. The van der Waals surface area contributed by atoms with Gasteiger partial charge in [0.2, 0.25) is 0 Å². The molecule has 5 heteroatoms. The third-order valence-corrected chi connectivity index (χ3v) is 3.84. The van der Waals surface area contributed by atoms with Gasteiger partial charge in [-0.1, -0.05) is 6.92 Å². The highest BCUT2D eigenvalue weighted by molar-refractivity contribution is 5.49. The standard InChI is InChI=1S/C16H28N4O/c1-4-7-14-18-15(17-5-2)10-16(19-14)20-9-6-8-13(11-20)12-21-3/h10,13H,4-9,11-12H2,1-3H3,(H,17,18,19). The number of aryl methyl sites for hydroxylation is 1. The molecule has 1 aromatic heterocycles. The number of rotatable bonds is 7. The van der Waals surface area contributed by atoms with Gasteiger partial charge in [-0.25, -0.2) is 9.97 Å². The number of anilines is 2. The SMILES string of the molecule is CCCc1nc(NCC)cc(N2CCCC(COC)C2)n1. The maximum atomic E-state index is 5.32. The number of piperidine rings is 1. The van der Waals surface area contributed by atoms with Gasteiger partial charge >= 0.3 is 0 Å². The molecule has 0 spiro atoms. The Hall–Kier alpha value is -1.36. The van der Waals surface area contributed by atoms with Crippen LogP contribution in [0.2, 0.25) is 0 Å². The molecule has 0 radical (unpaired) electrons. The first-order chi connectivity index (χ1) is 10.3. The van der Waals surface area contributed by atoms with Crippen molar-refractivity contribution in [2.24, 2.45) is 5.92 Å². The zero-order chi connectivity index (χ0) is 15.1. The van der Waals surface area contributed by atoms with Crippen molar-refractivity contribution in [1.82, 2.24) is 9.97 Å². The van der Waals surface area contributed by atoms with E-state index in [0.29, 0.717) is 5.92 Å². The van der Waals surface area contributed by atoms with Crippen molar-refractivity contribution >= 4 is 11.6 Å². The summed E-state index contributed by atoms with van der Waals surface area (Å²) < 4.78 is 5.32. The lowest BCUT2D eigenvalue weighted by Crippen LogP contribution is -2.37. The van der Waals surface area contributed by atoms with Crippen LogP contribution in [-0.4, -0.2) is 43.3 Å². The first-order valence-electron chi connectivity index (χ1n) is 8.12. The molecular weight excluding hydrogens is 264 g/mol. The summed E-state index contributed by atoms with van der Waals surface area (Å²) in [6, 6.07) is 2.08. The van der Waals surface area contributed by atoms with Crippen LogP contribution in [0.15, 0.2) is 6.07 Å². The Balaban J connectivity index is 2.16. The Bertz CT molecular complexity index is 412. The largest absolute Gasteiger partial charge is 0.384 e. The molecule has 2 heterocycles. The van der Waals surface area contributed by atoms with Gasteiger partial charge in [-0.3, -0.25) is 0 Å². The molecule has 1 aliphatic rings. The Morgan fingerprint density at radius 2 is 2.24 bits per heavy atom. The van der Waals surface area contributed by atoms with E-state index in [1.54, 1.807) is 7.11 Å². The quantitative estimate of drug-likeness (QED) is 0.837. The van der Waals surface area contributed by atoms with Crippen LogP contribution in [0.5, 0.6) is 0 Å². The van der Waals surface area contributed by atoms with Gasteiger partial charge in [-0.15, -0.1) is 0 Å². The first-order valence-corrected chi connectivity index (χ1v) is 8.12. The van der Waals surface area contributed by atoms with Crippen molar-refractivity contribution in [2.75, 3.05) is 43.6 Å². The molecule has 118 valence electrons. The van der Waals surface area contributed by atoms with Crippen LogP contribution in [0.1, 0.15) is 38.9 Å². The smallest absolute Gasteiger partial charge is 0.134 e. The molecule has 0 saturated carbocycles. The van der Waals surface area contributed by atoms with Crippen molar-refractivity contribution in [3.63, 3.8) is 0 Å². The molecule has 1 aromatic rings. The van der Waals surface area contributed by atoms with Crippen molar-refractivity contribution in [3.8, 4) is 0 Å². The molecular formula is C16H28N4O. The minimum Gasteiger partial charge on any atom is -0.384 e. The maximum Gasteiger partial charge on any atom is 0.134 e. The van der Waals surface area contributed by atoms with Crippen LogP contribution < -0.4 is 10.2 Å². The van der Waals surface area contributed by atoms with E-state index in [-0.39, 0.29) is 0 Å². The van der Waals surface area contributed by atoms with Crippen molar-refractivity contribution in [3.05, 3.63) is 11.9 Å². The molecule has 1 atom stereocenters. The van der Waals surface area contributed by atoms with Crippen LogP contribution in [0.3, 0.4) is 0 Å². The molecule has 21 heavy (non-hydrogen) atoms. The van der Waals surface area contributed by atoms with Crippen LogP contribution in [-0.2, 0) is 11.2 Å². The molecule has 1 saturated heterocycles. The number of methoxy groups -OCH3 is 1.